The van der Waals surface area contributed by atoms with Crippen molar-refractivity contribution in [2.75, 3.05) is 19.9 Å². The minimum atomic E-state index is 0.236. The molecule has 0 atom stereocenters. The normalized spacial score (nSPS) is 11.6. The largest absolute Gasteiger partial charge is 0.504 e. The van der Waals surface area contributed by atoms with Gasteiger partial charge in [-0.15, -0.1) is 0 Å². The van der Waals surface area contributed by atoms with Crippen LogP contribution >= 0.6 is 11.8 Å². The summed E-state index contributed by atoms with van der Waals surface area (Å²) in [7, 11) is 1.57. The van der Waals surface area contributed by atoms with Gasteiger partial charge in [-0.2, -0.15) is 11.8 Å². The summed E-state index contributed by atoms with van der Waals surface area (Å²) < 4.78 is 5.40. The molecule has 0 amide bonds. The zero-order chi connectivity index (χ0) is 14.3. The van der Waals surface area contributed by atoms with Crippen LogP contribution in [-0.4, -0.2) is 29.8 Å². The molecular formula is C15H25NO2S. The molecule has 1 aromatic carbocycles. The van der Waals surface area contributed by atoms with Crippen LogP contribution in [0.25, 0.3) is 0 Å². The average Bonchev–Trinajstić information content (AvgIpc) is 2.46. The van der Waals surface area contributed by atoms with E-state index in [0.717, 1.165) is 24.9 Å². The number of hydrogen-bond acceptors (Lipinski definition) is 4. The SMILES string of the molecule is CCC(CC)(CNCc1cccc(OC)c1O)SC. The maximum absolute atomic E-state index is 10.0. The Labute approximate surface area is 120 Å². The van der Waals surface area contributed by atoms with Crippen molar-refractivity contribution >= 4 is 11.8 Å². The molecule has 0 saturated carbocycles. The predicted molar refractivity (Wildman–Crippen MR) is 83.2 cm³/mol. The molecule has 0 unspecified atom stereocenters. The van der Waals surface area contributed by atoms with Crippen molar-refractivity contribution in [2.24, 2.45) is 0 Å². The molecule has 4 heteroatoms. The first kappa shape index (κ1) is 16.2. The second-order valence-electron chi connectivity index (χ2n) is 4.67. The number of methoxy groups -OCH3 is 1. The zero-order valence-corrected chi connectivity index (χ0v) is 13.1. The van der Waals surface area contributed by atoms with E-state index in [1.165, 1.54) is 0 Å². The number of rotatable bonds is 8. The highest BCUT2D eigenvalue weighted by molar-refractivity contribution is 8.00. The molecule has 0 fully saturated rings. The quantitative estimate of drug-likeness (QED) is 0.767. The summed E-state index contributed by atoms with van der Waals surface area (Å²) in [6, 6.07) is 5.59. The van der Waals surface area contributed by atoms with Gasteiger partial charge in [-0.1, -0.05) is 26.0 Å². The van der Waals surface area contributed by atoms with Crippen molar-refractivity contribution in [1.82, 2.24) is 5.32 Å². The first-order valence-corrected chi connectivity index (χ1v) is 7.95. The Morgan fingerprint density at radius 3 is 2.53 bits per heavy atom. The van der Waals surface area contributed by atoms with Gasteiger partial charge >= 0.3 is 0 Å². The van der Waals surface area contributed by atoms with Gasteiger partial charge in [0.25, 0.3) is 0 Å². The molecule has 1 aromatic rings. The monoisotopic (exact) mass is 283 g/mol. The second kappa shape index (κ2) is 7.65. The molecule has 3 nitrogen and oxygen atoms in total. The Hall–Kier alpha value is -0.870. The highest BCUT2D eigenvalue weighted by atomic mass is 32.2. The molecule has 0 heterocycles. The van der Waals surface area contributed by atoms with Gasteiger partial charge in [-0.3, -0.25) is 0 Å². The molecule has 0 aromatic heterocycles. The summed E-state index contributed by atoms with van der Waals surface area (Å²) in [4.78, 5) is 0. The van der Waals surface area contributed by atoms with Gasteiger partial charge in [0, 0.05) is 23.4 Å². The maximum atomic E-state index is 10.0. The summed E-state index contributed by atoms with van der Waals surface area (Å²) >= 11 is 1.91. The lowest BCUT2D eigenvalue weighted by atomic mass is 10.0. The maximum Gasteiger partial charge on any atom is 0.162 e. The van der Waals surface area contributed by atoms with E-state index in [1.54, 1.807) is 13.2 Å². The fourth-order valence-electron chi connectivity index (χ4n) is 2.16. The van der Waals surface area contributed by atoms with E-state index >= 15 is 0 Å². The molecule has 0 aliphatic heterocycles. The van der Waals surface area contributed by atoms with Crippen LogP contribution in [0.4, 0.5) is 0 Å². The van der Waals surface area contributed by atoms with Crippen molar-refractivity contribution in [2.45, 2.75) is 38.0 Å². The smallest absolute Gasteiger partial charge is 0.162 e. The van der Waals surface area contributed by atoms with E-state index < -0.39 is 0 Å². The predicted octanol–water partition coefficient (Wildman–Crippen LogP) is 3.41. The van der Waals surface area contributed by atoms with Gasteiger partial charge in [0.05, 0.1) is 7.11 Å². The third-order valence-electron chi connectivity index (χ3n) is 3.79. The number of thioether (sulfide) groups is 1. The van der Waals surface area contributed by atoms with Crippen LogP contribution in [0, 0.1) is 0 Å². The molecule has 0 spiro atoms. The molecule has 1 rings (SSSR count). The molecular weight excluding hydrogens is 258 g/mol. The van der Waals surface area contributed by atoms with E-state index in [0.29, 0.717) is 12.3 Å². The van der Waals surface area contributed by atoms with Crippen molar-refractivity contribution < 1.29 is 9.84 Å². The Bertz CT molecular complexity index is 383. The van der Waals surface area contributed by atoms with Gasteiger partial charge in [0.15, 0.2) is 11.5 Å². The summed E-state index contributed by atoms with van der Waals surface area (Å²) in [5.41, 5.74) is 0.876. The van der Waals surface area contributed by atoms with Crippen molar-refractivity contribution in [3.05, 3.63) is 23.8 Å². The summed E-state index contributed by atoms with van der Waals surface area (Å²) in [6.45, 7) is 6.05. The molecule has 0 saturated heterocycles. The number of nitrogens with one attached hydrogen (secondary N) is 1. The van der Waals surface area contributed by atoms with Crippen LogP contribution in [0.5, 0.6) is 11.5 Å². The highest BCUT2D eigenvalue weighted by Crippen LogP contribution is 2.31. The van der Waals surface area contributed by atoms with Crippen molar-refractivity contribution in [1.29, 1.82) is 0 Å². The van der Waals surface area contributed by atoms with Gasteiger partial charge in [-0.05, 0) is 25.2 Å². The van der Waals surface area contributed by atoms with Crippen LogP contribution in [0.15, 0.2) is 18.2 Å². The number of benzene rings is 1. The third-order valence-corrected chi connectivity index (χ3v) is 5.37. The second-order valence-corrected chi connectivity index (χ2v) is 5.94. The van der Waals surface area contributed by atoms with E-state index in [9.17, 15) is 5.11 Å². The molecule has 0 bridgehead atoms. The van der Waals surface area contributed by atoms with Crippen LogP contribution in [-0.2, 0) is 6.54 Å². The molecule has 0 aliphatic rings. The lowest BCUT2D eigenvalue weighted by molar-refractivity contribution is 0.369. The zero-order valence-electron chi connectivity index (χ0n) is 12.3. The first-order chi connectivity index (χ1) is 9.12. The number of para-hydroxylation sites is 1. The van der Waals surface area contributed by atoms with Crippen LogP contribution in [0.1, 0.15) is 32.3 Å². The minimum absolute atomic E-state index is 0.236. The lowest BCUT2D eigenvalue weighted by Gasteiger charge is -2.30. The van der Waals surface area contributed by atoms with Gasteiger partial charge in [0.2, 0.25) is 0 Å². The lowest BCUT2D eigenvalue weighted by Crippen LogP contribution is -2.36. The standard InChI is InChI=1S/C15H25NO2S/c1-5-15(6-2,19-4)11-16-10-12-8-7-9-13(18-3)14(12)17/h7-9,16-17H,5-6,10-11H2,1-4H3. The minimum Gasteiger partial charge on any atom is -0.504 e. The Balaban J connectivity index is 2.63. The van der Waals surface area contributed by atoms with Gasteiger partial charge < -0.3 is 15.2 Å². The summed E-state index contributed by atoms with van der Waals surface area (Å²) in [5.74, 6) is 0.765. The molecule has 0 radical (unpaired) electrons. The number of ether oxygens (including phenoxy) is 1. The summed E-state index contributed by atoms with van der Waals surface area (Å²) in [6.07, 6.45) is 4.45. The van der Waals surface area contributed by atoms with E-state index in [2.05, 4.69) is 25.4 Å². The number of phenolic OH excluding ortho intramolecular Hbond substituents is 1. The van der Waals surface area contributed by atoms with Crippen molar-refractivity contribution in [3.63, 3.8) is 0 Å². The van der Waals surface area contributed by atoms with Crippen LogP contribution in [0.3, 0.4) is 0 Å². The number of phenols is 1. The number of hydrogen-bond donors (Lipinski definition) is 2. The Morgan fingerprint density at radius 1 is 1.32 bits per heavy atom. The highest BCUT2D eigenvalue weighted by Gasteiger charge is 2.24. The van der Waals surface area contributed by atoms with Crippen LogP contribution in [0.2, 0.25) is 0 Å². The van der Waals surface area contributed by atoms with Gasteiger partial charge in [0.1, 0.15) is 0 Å². The van der Waals surface area contributed by atoms with Crippen LogP contribution < -0.4 is 10.1 Å². The van der Waals surface area contributed by atoms with E-state index in [1.807, 2.05) is 23.9 Å². The molecule has 2 N–H and O–H groups in total. The molecule has 0 aliphatic carbocycles. The molecule has 19 heavy (non-hydrogen) atoms. The molecule has 108 valence electrons. The Kier molecular flexibility index (Phi) is 6.52. The Morgan fingerprint density at radius 2 is 2.00 bits per heavy atom. The number of aromatic hydroxyl groups is 1. The first-order valence-electron chi connectivity index (χ1n) is 6.73. The fraction of sp³-hybridized carbons (Fsp3) is 0.600. The van der Waals surface area contributed by atoms with Crippen molar-refractivity contribution in [3.8, 4) is 11.5 Å². The third kappa shape index (κ3) is 4.05. The van der Waals surface area contributed by atoms with E-state index in [-0.39, 0.29) is 10.5 Å². The topological polar surface area (TPSA) is 41.5 Å². The van der Waals surface area contributed by atoms with E-state index in [4.69, 9.17) is 4.74 Å². The average molecular weight is 283 g/mol. The fourth-order valence-corrected chi connectivity index (χ4v) is 2.98. The van der Waals surface area contributed by atoms with Gasteiger partial charge in [-0.25, -0.2) is 0 Å². The summed E-state index contributed by atoms with van der Waals surface area (Å²) in [5, 5.41) is 13.5.